The molecule has 2 amide bonds. The number of nitrogens with one attached hydrogen (secondary N) is 2. The van der Waals surface area contributed by atoms with Gasteiger partial charge >= 0.3 is 6.03 Å². The fourth-order valence-corrected chi connectivity index (χ4v) is 4.48. The summed E-state index contributed by atoms with van der Waals surface area (Å²) in [7, 11) is 1.60. The number of hydrogen-bond acceptors (Lipinski definition) is 6. The fraction of sp³-hybridized carbons (Fsp3) is 0.136. The molecule has 2 N–H and O–H groups in total. The van der Waals surface area contributed by atoms with Crippen LogP contribution in [0, 0.1) is 12.3 Å². The van der Waals surface area contributed by atoms with Gasteiger partial charge in [0.2, 0.25) is 0 Å². The van der Waals surface area contributed by atoms with Crippen LogP contribution in [0.5, 0.6) is 0 Å². The van der Waals surface area contributed by atoms with Crippen molar-refractivity contribution in [1.29, 1.82) is 0 Å². The molecule has 8 heteroatoms. The summed E-state index contributed by atoms with van der Waals surface area (Å²) in [5, 5.41) is 7.85. The van der Waals surface area contributed by atoms with Crippen molar-refractivity contribution in [3.63, 3.8) is 0 Å². The van der Waals surface area contributed by atoms with Gasteiger partial charge in [-0.05, 0) is 23.1 Å². The Morgan fingerprint density at radius 2 is 2.07 bits per heavy atom. The highest BCUT2D eigenvalue weighted by molar-refractivity contribution is 7.17. The quantitative estimate of drug-likeness (QED) is 0.423. The molecule has 4 rings (SSSR count). The van der Waals surface area contributed by atoms with E-state index in [0.717, 1.165) is 26.9 Å². The van der Waals surface area contributed by atoms with E-state index in [1.807, 2.05) is 41.9 Å². The lowest BCUT2D eigenvalue weighted by Gasteiger charge is -2.19. The Kier molecular flexibility index (Phi) is 6.05. The van der Waals surface area contributed by atoms with E-state index in [0.29, 0.717) is 17.4 Å². The van der Waals surface area contributed by atoms with Crippen molar-refractivity contribution >= 4 is 44.7 Å². The number of urea groups is 1. The second-order valence-electron chi connectivity index (χ2n) is 6.42. The van der Waals surface area contributed by atoms with Gasteiger partial charge < -0.3 is 10.1 Å². The SMILES string of the molecule is C#Cc1nc(NC(=O)NC(COC)c2ccc(-c3cccc4ncsc34)cc2)cs1. The van der Waals surface area contributed by atoms with Gasteiger partial charge in [-0.2, -0.15) is 0 Å². The molecule has 0 aliphatic heterocycles. The van der Waals surface area contributed by atoms with Crippen LogP contribution in [0.15, 0.2) is 53.4 Å². The molecular weight excluding hydrogens is 416 g/mol. The first-order valence-electron chi connectivity index (χ1n) is 9.09. The molecule has 150 valence electrons. The van der Waals surface area contributed by atoms with Crippen LogP contribution >= 0.6 is 22.7 Å². The molecule has 0 saturated heterocycles. The summed E-state index contributed by atoms with van der Waals surface area (Å²) in [6.45, 7) is 0.337. The molecule has 0 spiro atoms. The minimum absolute atomic E-state index is 0.311. The lowest BCUT2D eigenvalue weighted by Crippen LogP contribution is -2.34. The summed E-state index contributed by atoms with van der Waals surface area (Å²) in [6.07, 6.45) is 5.32. The number of hydrogen-bond donors (Lipinski definition) is 2. The molecule has 0 saturated carbocycles. The van der Waals surface area contributed by atoms with Gasteiger partial charge in [-0.3, -0.25) is 5.32 Å². The predicted octanol–water partition coefficient (Wildman–Crippen LogP) is 4.91. The number of amides is 2. The zero-order valence-corrected chi connectivity index (χ0v) is 17.7. The summed E-state index contributed by atoms with van der Waals surface area (Å²) in [5.41, 5.74) is 6.03. The average molecular weight is 435 g/mol. The minimum atomic E-state index is -0.371. The van der Waals surface area contributed by atoms with E-state index < -0.39 is 0 Å². The summed E-state index contributed by atoms with van der Waals surface area (Å²) in [5.74, 6) is 2.87. The number of thiazole rings is 2. The average Bonchev–Trinajstić information content (AvgIpc) is 3.42. The Morgan fingerprint density at radius 3 is 2.80 bits per heavy atom. The molecule has 0 bridgehead atoms. The Balaban J connectivity index is 1.50. The first kappa shape index (κ1) is 20.0. The number of carbonyl (C=O) groups excluding carboxylic acids is 1. The first-order chi connectivity index (χ1) is 14.7. The number of aromatic nitrogens is 2. The van der Waals surface area contributed by atoms with Crippen LogP contribution in [0.1, 0.15) is 16.6 Å². The van der Waals surface area contributed by atoms with E-state index in [-0.39, 0.29) is 12.1 Å². The molecule has 4 aromatic rings. The van der Waals surface area contributed by atoms with Gasteiger partial charge in [-0.1, -0.05) is 36.4 Å². The molecule has 1 atom stereocenters. The highest BCUT2D eigenvalue weighted by Gasteiger charge is 2.16. The van der Waals surface area contributed by atoms with Crippen molar-refractivity contribution in [3.8, 4) is 23.5 Å². The molecule has 0 fully saturated rings. The second-order valence-corrected chi connectivity index (χ2v) is 8.13. The normalized spacial score (nSPS) is 11.7. The van der Waals surface area contributed by atoms with Crippen LogP contribution in [0.4, 0.5) is 10.6 Å². The Bertz CT molecular complexity index is 1210. The van der Waals surface area contributed by atoms with Crippen molar-refractivity contribution in [2.75, 3.05) is 19.0 Å². The molecule has 0 radical (unpaired) electrons. The van der Waals surface area contributed by atoms with Crippen molar-refractivity contribution < 1.29 is 9.53 Å². The van der Waals surface area contributed by atoms with E-state index in [4.69, 9.17) is 11.2 Å². The lowest BCUT2D eigenvalue weighted by atomic mass is 10.0. The topological polar surface area (TPSA) is 76.1 Å². The van der Waals surface area contributed by atoms with Crippen LogP contribution in [-0.2, 0) is 4.74 Å². The van der Waals surface area contributed by atoms with E-state index >= 15 is 0 Å². The summed E-state index contributed by atoms with van der Waals surface area (Å²) in [4.78, 5) is 20.9. The number of rotatable bonds is 6. The molecule has 1 unspecified atom stereocenters. The molecule has 2 aromatic heterocycles. The highest BCUT2D eigenvalue weighted by atomic mass is 32.1. The Morgan fingerprint density at radius 1 is 1.23 bits per heavy atom. The van der Waals surface area contributed by atoms with Crippen LogP contribution in [0.3, 0.4) is 0 Å². The number of carbonyl (C=O) groups is 1. The standard InChI is InChI=1S/C22H18N4O2S2/c1-3-20-25-19(12-29-20)26-22(27)24-18(11-28-2)15-9-7-14(8-10-15)16-5-4-6-17-21(16)30-13-23-17/h1,4-10,12-13,18H,11H2,2H3,(H2,24,26,27). The smallest absolute Gasteiger partial charge is 0.320 e. The van der Waals surface area contributed by atoms with E-state index in [1.54, 1.807) is 23.8 Å². The van der Waals surface area contributed by atoms with Gasteiger partial charge in [0, 0.05) is 18.1 Å². The maximum Gasteiger partial charge on any atom is 0.320 e. The maximum atomic E-state index is 12.4. The van der Waals surface area contributed by atoms with Crippen molar-refractivity contribution in [2.45, 2.75) is 6.04 Å². The number of methoxy groups -OCH3 is 1. The van der Waals surface area contributed by atoms with Gasteiger partial charge in [-0.25, -0.2) is 14.8 Å². The van der Waals surface area contributed by atoms with Crippen molar-refractivity contribution in [3.05, 3.63) is 63.9 Å². The third-order valence-corrected chi connectivity index (χ3v) is 6.14. The number of nitrogens with zero attached hydrogens (tertiary/aromatic N) is 2. The number of ether oxygens (including phenoxy) is 1. The third kappa shape index (κ3) is 4.33. The highest BCUT2D eigenvalue weighted by Crippen LogP contribution is 2.31. The molecule has 0 aliphatic rings. The maximum absolute atomic E-state index is 12.4. The van der Waals surface area contributed by atoms with Gasteiger partial charge in [-0.15, -0.1) is 29.1 Å². The third-order valence-electron chi connectivity index (χ3n) is 4.49. The largest absolute Gasteiger partial charge is 0.382 e. The number of anilines is 1. The fourth-order valence-electron chi connectivity index (χ4n) is 3.10. The van der Waals surface area contributed by atoms with Gasteiger partial charge in [0.05, 0.1) is 28.4 Å². The molecule has 6 nitrogen and oxygen atoms in total. The number of terminal acetylenes is 1. The number of fused-ring (bicyclic) bond motifs is 1. The molecule has 0 aliphatic carbocycles. The van der Waals surface area contributed by atoms with Gasteiger partial charge in [0.1, 0.15) is 5.82 Å². The second kappa shape index (κ2) is 9.05. The van der Waals surface area contributed by atoms with E-state index in [9.17, 15) is 4.79 Å². The van der Waals surface area contributed by atoms with E-state index in [2.05, 4.69) is 32.6 Å². The molecule has 2 aromatic carbocycles. The van der Waals surface area contributed by atoms with Crippen LogP contribution in [0.2, 0.25) is 0 Å². The molecule has 30 heavy (non-hydrogen) atoms. The van der Waals surface area contributed by atoms with E-state index in [1.165, 1.54) is 11.3 Å². The molecule has 2 heterocycles. The van der Waals surface area contributed by atoms with Crippen LogP contribution < -0.4 is 10.6 Å². The zero-order valence-electron chi connectivity index (χ0n) is 16.1. The Hall–Kier alpha value is -3.25. The van der Waals surface area contributed by atoms with Crippen LogP contribution in [0.25, 0.3) is 21.3 Å². The summed E-state index contributed by atoms with van der Waals surface area (Å²) in [6, 6.07) is 13.5. The van der Waals surface area contributed by atoms with Crippen molar-refractivity contribution in [2.24, 2.45) is 0 Å². The zero-order chi connectivity index (χ0) is 20.9. The number of benzene rings is 2. The first-order valence-corrected chi connectivity index (χ1v) is 10.8. The lowest BCUT2D eigenvalue weighted by molar-refractivity contribution is 0.168. The van der Waals surface area contributed by atoms with Gasteiger partial charge in [0.25, 0.3) is 0 Å². The van der Waals surface area contributed by atoms with Gasteiger partial charge in [0.15, 0.2) is 5.01 Å². The Labute approximate surface area is 182 Å². The summed E-state index contributed by atoms with van der Waals surface area (Å²) >= 11 is 2.93. The monoisotopic (exact) mass is 434 g/mol. The summed E-state index contributed by atoms with van der Waals surface area (Å²) < 4.78 is 6.46. The minimum Gasteiger partial charge on any atom is -0.382 e. The molecular formula is C22H18N4O2S2. The predicted molar refractivity (Wildman–Crippen MR) is 122 cm³/mol. The van der Waals surface area contributed by atoms with Crippen molar-refractivity contribution in [1.82, 2.24) is 15.3 Å². The van der Waals surface area contributed by atoms with Crippen LogP contribution in [-0.4, -0.2) is 29.7 Å².